The van der Waals surface area contributed by atoms with Crippen molar-refractivity contribution < 1.29 is 13.3 Å². The Balaban J connectivity index is 2.16. The first kappa shape index (κ1) is 12.4. The Bertz CT molecular complexity index is 643. The lowest BCUT2D eigenvalue weighted by Gasteiger charge is -2.41. The number of non-ortho nitro benzene ring substituents is 1. The number of fused-ring (bicyclic) bond motifs is 3. The summed E-state index contributed by atoms with van der Waals surface area (Å²) < 4.78 is 24.5. The first-order valence-electron chi connectivity index (χ1n) is 5.97. The van der Waals surface area contributed by atoms with E-state index in [4.69, 9.17) is 0 Å². The first-order valence-corrected chi connectivity index (χ1v) is 7.63. The Morgan fingerprint density at radius 3 is 2.95 bits per heavy atom. The summed E-state index contributed by atoms with van der Waals surface area (Å²) in [5, 5.41) is 13.9. The number of nitrogens with one attached hydrogen (secondary N) is 1. The van der Waals surface area contributed by atoms with E-state index in [1.54, 1.807) is 6.07 Å². The molecule has 8 heteroatoms. The van der Waals surface area contributed by atoms with E-state index in [0.717, 1.165) is 6.54 Å². The highest BCUT2D eigenvalue weighted by molar-refractivity contribution is 7.91. The van der Waals surface area contributed by atoms with Crippen molar-refractivity contribution in [3.05, 3.63) is 28.3 Å². The summed E-state index contributed by atoms with van der Waals surface area (Å²) in [6, 6.07) is 3.98. The Morgan fingerprint density at radius 1 is 1.42 bits per heavy atom. The predicted octanol–water partition coefficient (Wildman–Crippen LogP) is 0.160. The molecule has 0 saturated carbocycles. The van der Waals surface area contributed by atoms with Crippen molar-refractivity contribution in [3.63, 3.8) is 0 Å². The number of benzene rings is 1. The second-order valence-electron chi connectivity index (χ2n) is 4.74. The van der Waals surface area contributed by atoms with Crippen LogP contribution in [-0.2, 0) is 9.84 Å². The molecule has 0 spiro atoms. The Labute approximate surface area is 110 Å². The number of hydrogen-bond acceptors (Lipinski definition) is 6. The number of piperazine rings is 1. The predicted molar refractivity (Wildman–Crippen MR) is 69.2 cm³/mol. The fraction of sp³-hybridized carbons (Fsp3) is 0.455. The van der Waals surface area contributed by atoms with Crippen molar-refractivity contribution in [2.75, 3.05) is 30.3 Å². The van der Waals surface area contributed by atoms with Crippen LogP contribution in [0.5, 0.6) is 0 Å². The van der Waals surface area contributed by atoms with E-state index in [2.05, 4.69) is 5.32 Å². The fourth-order valence-electron chi connectivity index (χ4n) is 2.67. The van der Waals surface area contributed by atoms with Crippen LogP contribution in [-0.4, -0.2) is 44.8 Å². The van der Waals surface area contributed by atoms with Crippen LogP contribution in [0, 0.1) is 10.1 Å². The van der Waals surface area contributed by atoms with E-state index in [1.807, 2.05) is 4.90 Å². The lowest BCUT2D eigenvalue weighted by Crippen LogP contribution is -2.56. The molecule has 1 aromatic rings. The van der Waals surface area contributed by atoms with Crippen LogP contribution >= 0.6 is 0 Å². The molecule has 0 bridgehead atoms. The molecule has 3 rings (SSSR count). The van der Waals surface area contributed by atoms with Gasteiger partial charge in [0.2, 0.25) is 0 Å². The summed E-state index contributed by atoms with van der Waals surface area (Å²) >= 11 is 0. The Kier molecular flexibility index (Phi) is 2.72. The Morgan fingerprint density at radius 2 is 2.21 bits per heavy atom. The van der Waals surface area contributed by atoms with E-state index < -0.39 is 14.8 Å². The van der Waals surface area contributed by atoms with E-state index >= 15 is 0 Å². The minimum absolute atomic E-state index is 0.00810. The summed E-state index contributed by atoms with van der Waals surface area (Å²) in [5.41, 5.74) is 0.402. The SMILES string of the molecule is O=[N+]([O-])c1ccc2c(c1)S(=O)(=O)CC1CNCCN21. The van der Waals surface area contributed by atoms with Gasteiger partial charge in [-0.15, -0.1) is 0 Å². The van der Waals surface area contributed by atoms with Gasteiger partial charge in [-0.3, -0.25) is 10.1 Å². The van der Waals surface area contributed by atoms with Crippen LogP contribution in [0.1, 0.15) is 0 Å². The van der Waals surface area contributed by atoms with Crippen molar-refractivity contribution in [1.82, 2.24) is 5.32 Å². The van der Waals surface area contributed by atoms with Crippen LogP contribution < -0.4 is 10.2 Å². The maximum atomic E-state index is 12.2. The van der Waals surface area contributed by atoms with Crippen LogP contribution in [0.2, 0.25) is 0 Å². The van der Waals surface area contributed by atoms with Gasteiger partial charge in [0.25, 0.3) is 5.69 Å². The van der Waals surface area contributed by atoms with Gasteiger partial charge in [0.1, 0.15) is 0 Å². The number of anilines is 1. The zero-order chi connectivity index (χ0) is 13.6. The first-order chi connectivity index (χ1) is 8.99. The number of sulfone groups is 1. The van der Waals surface area contributed by atoms with Gasteiger partial charge in [0.15, 0.2) is 9.84 Å². The lowest BCUT2D eigenvalue weighted by atomic mass is 10.1. The monoisotopic (exact) mass is 283 g/mol. The average molecular weight is 283 g/mol. The highest BCUT2D eigenvalue weighted by Crippen LogP contribution is 2.36. The smallest absolute Gasteiger partial charge is 0.270 e. The van der Waals surface area contributed by atoms with Crippen LogP contribution in [0.4, 0.5) is 11.4 Å². The molecule has 0 aromatic heterocycles. The molecule has 2 aliphatic rings. The number of nitro groups is 1. The normalized spacial score (nSPS) is 24.4. The van der Waals surface area contributed by atoms with E-state index in [1.165, 1.54) is 12.1 Å². The molecule has 19 heavy (non-hydrogen) atoms. The van der Waals surface area contributed by atoms with E-state index in [-0.39, 0.29) is 22.4 Å². The molecule has 7 nitrogen and oxygen atoms in total. The van der Waals surface area contributed by atoms with Gasteiger partial charge >= 0.3 is 0 Å². The molecule has 1 aromatic carbocycles. The molecule has 102 valence electrons. The minimum atomic E-state index is -3.45. The average Bonchev–Trinajstić information content (AvgIpc) is 2.38. The topological polar surface area (TPSA) is 92.5 Å². The molecule has 2 heterocycles. The van der Waals surface area contributed by atoms with Gasteiger partial charge in [-0.05, 0) is 6.07 Å². The molecule has 1 unspecified atom stereocenters. The number of hydrogen-bond donors (Lipinski definition) is 1. The summed E-state index contributed by atoms with van der Waals surface area (Å²) in [6.07, 6.45) is 0. The standard InChI is InChI=1S/C11H13N3O4S/c15-14(16)8-1-2-10-11(5-8)19(17,18)7-9-6-12-3-4-13(9)10/h1-2,5,9,12H,3-4,6-7H2. The quantitative estimate of drug-likeness (QED) is 0.583. The van der Waals surface area contributed by atoms with Crippen LogP contribution in [0.3, 0.4) is 0 Å². The Hall–Kier alpha value is -1.67. The molecule has 1 saturated heterocycles. The zero-order valence-corrected chi connectivity index (χ0v) is 10.9. The third-order valence-electron chi connectivity index (χ3n) is 3.56. The van der Waals surface area contributed by atoms with Crippen molar-refractivity contribution in [2.24, 2.45) is 0 Å². The number of rotatable bonds is 1. The highest BCUT2D eigenvalue weighted by atomic mass is 32.2. The number of nitrogens with zero attached hydrogens (tertiary/aromatic N) is 2. The third kappa shape index (κ3) is 1.96. The van der Waals surface area contributed by atoms with E-state index in [9.17, 15) is 18.5 Å². The highest BCUT2D eigenvalue weighted by Gasteiger charge is 2.37. The van der Waals surface area contributed by atoms with Crippen LogP contribution in [0.15, 0.2) is 23.1 Å². The molecule has 1 fully saturated rings. The summed E-state index contributed by atoms with van der Waals surface area (Å²) in [5.74, 6) is 0.00810. The summed E-state index contributed by atoms with van der Waals surface area (Å²) in [4.78, 5) is 12.3. The van der Waals surface area contributed by atoms with Gasteiger partial charge in [-0.1, -0.05) is 0 Å². The van der Waals surface area contributed by atoms with Crippen molar-refractivity contribution in [1.29, 1.82) is 0 Å². The van der Waals surface area contributed by atoms with Gasteiger partial charge in [0.05, 0.1) is 27.3 Å². The zero-order valence-electron chi connectivity index (χ0n) is 10.1. The van der Waals surface area contributed by atoms with Crippen molar-refractivity contribution >= 4 is 21.2 Å². The second-order valence-corrected chi connectivity index (χ2v) is 6.74. The largest absolute Gasteiger partial charge is 0.364 e. The van der Waals surface area contributed by atoms with E-state index in [0.29, 0.717) is 18.8 Å². The summed E-state index contributed by atoms with van der Waals surface area (Å²) in [6.45, 7) is 2.12. The molecular weight excluding hydrogens is 270 g/mol. The molecule has 2 aliphatic heterocycles. The second kappa shape index (κ2) is 4.17. The third-order valence-corrected chi connectivity index (χ3v) is 5.38. The molecule has 0 aliphatic carbocycles. The van der Waals surface area contributed by atoms with Gasteiger partial charge < -0.3 is 10.2 Å². The van der Waals surface area contributed by atoms with Crippen molar-refractivity contribution in [2.45, 2.75) is 10.9 Å². The van der Waals surface area contributed by atoms with Gasteiger partial charge in [-0.25, -0.2) is 8.42 Å². The maximum absolute atomic E-state index is 12.2. The molecule has 0 radical (unpaired) electrons. The molecule has 1 N–H and O–H groups in total. The maximum Gasteiger partial charge on any atom is 0.270 e. The van der Waals surface area contributed by atoms with Gasteiger partial charge in [0, 0.05) is 31.8 Å². The molecule has 0 amide bonds. The number of nitro benzene ring substituents is 1. The minimum Gasteiger partial charge on any atom is -0.364 e. The van der Waals surface area contributed by atoms with Gasteiger partial charge in [-0.2, -0.15) is 0 Å². The van der Waals surface area contributed by atoms with Crippen molar-refractivity contribution in [3.8, 4) is 0 Å². The summed E-state index contributed by atoms with van der Waals surface area (Å²) in [7, 11) is -3.45. The molecular formula is C11H13N3O4S. The van der Waals surface area contributed by atoms with Crippen LogP contribution in [0.25, 0.3) is 0 Å². The lowest BCUT2D eigenvalue weighted by molar-refractivity contribution is -0.385. The fourth-order valence-corrected chi connectivity index (χ4v) is 4.46. The molecule has 1 atom stereocenters.